The van der Waals surface area contributed by atoms with Gasteiger partial charge in [-0.3, -0.25) is 4.79 Å². The molecule has 5 nitrogen and oxygen atoms in total. The monoisotopic (exact) mass is 472 g/mol. The van der Waals surface area contributed by atoms with E-state index in [2.05, 4.69) is 24.5 Å². The van der Waals surface area contributed by atoms with Gasteiger partial charge in [-0.2, -0.15) is 0 Å². The van der Waals surface area contributed by atoms with E-state index in [0.717, 1.165) is 77.4 Å². The van der Waals surface area contributed by atoms with Gasteiger partial charge in [0.2, 0.25) is 0 Å². The van der Waals surface area contributed by atoms with Crippen LogP contribution in [0.15, 0.2) is 0 Å². The van der Waals surface area contributed by atoms with Gasteiger partial charge < -0.3 is 20.5 Å². The molecule has 0 rings (SSSR count). The Labute approximate surface area is 207 Å². The predicted octanol–water partition coefficient (Wildman–Crippen LogP) is 6.77. The van der Waals surface area contributed by atoms with Crippen LogP contribution in [0.1, 0.15) is 137 Å². The highest BCUT2D eigenvalue weighted by atomic mass is 16.5. The van der Waals surface area contributed by atoms with Gasteiger partial charge in [-0.25, -0.2) is 0 Å². The molecule has 0 saturated carbocycles. The van der Waals surface area contributed by atoms with Gasteiger partial charge in [0.15, 0.2) is 0 Å². The molecule has 0 aliphatic heterocycles. The lowest BCUT2D eigenvalue weighted by molar-refractivity contribution is -0.146. The summed E-state index contributed by atoms with van der Waals surface area (Å²) in [7, 11) is 0. The Morgan fingerprint density at radius 1 is 0.697 bits per heavy atom. The summed E-state index contributed by atoms with van der Waals surface area (Å²) in [5.41, 5.74) is 0. The van der Waals surface area contributed by atoms with Crippen LogP contribution in [0, 0.1) is 0 Å². The highest BCUT2D eigenvalue weighted by Gasteiger charge is 2.18. The second-order valence-electron chi connectivity index (χ2n) is 8.89. The summed E-state index contributed by atoms with van der Waals surface area (Å²) in [6.45, 7) is 12.2. The van der Waals surface area contributed by atoms with E-state index in [1.54, 1.807) is 0 Å². The summed E-state index contributed by atoms with van der Waals surface area (Å²) in [6, 6.07) is -0.132. The van der Waals surface area contributed by atoms with E-state index >= 15 is 0 Å². The van der Waals surface area contributed by atoms with Crippen LogP contribution in [0.5, 0.6) is 0 Å². The topological polar surface area (TPSA) is 70.6 Å². The highest BCUT2D eigenvalue weighted by Crippen LogP contribution is 2.09. The molecule has 0 aromatic rings. The lowest BCUT2D eigenvalue weighted by Crippen LogP contribution is -2.38. The molecular formula is C28H60N2O3. The Morgan fingerprint density at radius 3 is 1.82 bits per heavy atom. The normalized spacial score (nSPS) is 11.7. The maximum Gasteiger partial charge on any atom is 0.323 e. The van der Waals surface area contributed by atoms with Crippen molar-refractivity contribution in [1.29, 1.82) is 0 Å². The minimum Gasteiger partial charge on any atom is -0.465 e. The lowest BCUT2D eigenvalue weighted by Gasteiger charge is -2.17. The van der Waals surface area contributed by atoms with E-state index in [0.29, 0.717) is 6.61 Å². The maximum absolute atomic E-state index is 12.5. The third-order valence-electron chi connectivity index (χ3n) is 5.81. The molecule has 0 aliphatic carbocycles. The Morgan fingerprint density at radius 2 is 1.21 bits per heavy atom. The van der Waals surface area contributed by atoms with Crippen molar-refractivity contribution in [2.75, 3.05) is 32.8 Å². The van der Waals surface area contributed by atoms with Gasteiger partial charge in [0.1, 0.15) is 6.04 Å². The van der Waals surface area contributed by atoms with Crippen molar-refractivity contribution >= 4 is 5.97 Å². The highest BCUT2D eigenvalue weighted by molar-refractivity contribution is 5.75. The lowest BCUT2D eigenvalue weighted by atomic mass is 10.1. The van der Waals surface area contributed by atoms with Crippen LogP contribution in [-0.4, -0.2) is 50.0 Å². The minimum atomic E-state index is -0.132. The summed E-state index contributed by atoms with van der Waals surface area (Å²) < 4.78 is 5.57. The van der Waals surface area contributed by atoms with Gasteiger partial charge in [-0.05, 0) is 58.2 Å². The second kappa shape index (κ2) is 31.4. The van der Waals surface area contributed by atoms with Crippen molar-refractivity contribution in [1.82, 2.24) is 10.6 Å². The van der Waals surface area contributed by atoms with Crippen LogP contribution < -0.4 is 10.6 Å². The molecule has 0 saturated heterocycles. The van der Waals surface area contributed by atoms with Gasteiger partial charge in [0, 0.05) is 6.61 Å². The molecule has 5 heteroatoms. The quantitative estimate of drug-likeness (QED) is 0.101. The fourth-order valence-corrected chi connectivity index (χ4v) is 3.71. The standard InChI is InChI=1S/C26H54N2O3.C2H6/c1-3-5-7-8-9-10-11-15-22-28-25(19-6-4-2)26(30)31-24-18-13-12-14-20-27-21-16-17-23-29;1-2/h25,27-29H,3-24H2,1-2H3;1-2H3. The van der Waals surface area contributed by atoms with Crippen LogP contribution in [-0.2, 0) is 9.53 Å². The molecule has 3 N–H and O–H groups in total. The van der Waals surface area contributed by atoms with Gasteiger partial charge in [-0.15, -0.1) is 0 Å². The third kappa shape index (κ3) is 27.5. The van der Waals surface area contributed by atoms with Gasteiger partial charge in [-0.1, -0.05) is 98.3 Å². The molecule has 0 aromatic carbocycles. The number of aliphatic hydroxyl groups is 1. The number of rotatable bonds is 25. The molecule has 1 unspecified atom stereocenters. The fraction of sp³-hybridized carbons (Fsp3) is 0.964. The average Bonchev–Trinajstić information content (AvgIpc) is 2.84. The van der Waals surface area contributed by atoms with Crippen LogP contribution in [0.4, 0.5) is 0 Å². The molecule has 0 fully saturated rings. The van der Waals surface area contributed by atoms with E-state index in [1.807, 2.05) is 13.8 Å². The van der Waals surface area contributed by atoms with Crippen molar-refractivity contribution in [3.8, 4) is 0 Å². The summed E-state index contributed by atoms with van der Waals surface area (Å²) in [4.78, 5) is 12.5. The number of nitrogens with one attached hydrogen (secondary N) is 2. The van der Waals surface area contributed by atoms with Crippen LogP contribution in [0.3, 0.4) is 0 Å². The van der Waals surface area contributed by atoms with Crippen molar-refractivity contribution < 1.29 is 14.6 Å². The molecule has 0 radical (unpaired) electrons. The predicted molar refractivity (Wildman–Crippen MR) is 144 cm³/mol. The zero-order valence-corrected chi connectivity index (χ0v) is 22.9. The summed E-state index contributed by atoms with van der Waals surface area (Å²) >= 11 is 0. The maximum atomic E-state index is 12.5. The molecule has 0 heterocycles. The summed E-state index contributed by atoms with van der Waals surface area (Å²) in [5, 5.41) is 15.6. The number of aliphatic hydroxyl groups excluding tert-OH is 1. The number of hydrogen-bond acceptors (Lipinski definition) is 5. The Hall–Kier alpha value is -0.650. The molecular weight excluding hydrogens is 412 g/mol. The Bertz CT molecular complexity index is 367. The van der Waals surface area contributed by atoms with Gasteiger partial charge >= 0.3 is 5.97 Å². The zero-order valence-electron chi connectivity index (χ0n) is 22.9. The Balaban J connectivity index is 0. The number of carbonyl (C=O) groups excluding carboxylic acids is 1. The van der Waals surface area contributed by atoms with Crippen molar-refractivity contribution in [2.24, 2.45) is 0 Å². The first-order chi connectivity index (χ1) is 16.3. The van der Waals surface area contributed by atoms with Crippen LogP contribution >= 0.6 is 0 Å². The summed E-state index contributed by atoms with van der Waals surface area (Å²) in [6.07, 6.45) is 19.9. The van der Waals surface area contributed by atoms with Crippen LogP contribution in [0.2, 0.25) is 0 Å². The largest absolute Gasteiger partial charge is 0.465 e. The summed E-state index contributed by atoms with van der Waals surface area (Å²) in [5.74, 6) is -0.0569. The van der Waals surface area contributed by atoms with E-state index in [1.165, 1.54) is 51.4 Å². The molecule has 0 amide bonds. The number of ether oxygens (including phenoxy) is 1. The van der Waals surface area contributed by atoms with Crippen LogP contribution in [0.25, 0.3) is 0 Å². The number of hydrogen-bond donors (Lipinski definition) is 3. The molecule has 0 aliphatic rings. The fourth-order valence-electron chi connectivity index (χ4n) is 3.71. The van der Waals surface area contributed by atoms with Crippen molar-refractivity contribution in [2.45, 2.75) is 143 Å². The molecule has 0 aromatic heterocycles. The first-order valence-electron chi connectivity index (χ1n) is 14.5. The number of carbonyl (C=O) groups is 1. The van der Waals surface area contributed by atoms with E-state index in [9.17, 15) is 4.79 Å². The smallest absolute Gasteiger partial charge is 0.323 e. The van der Waals surface area contributed by atoms with E-state index in [-0.39, 0.29) is 18.6 Å². The average molecular weight is 473 g/mol. The second-order valence-corrected chi connectivity index (χ2v) is 8.89. The van der Waals surface area contributed by atoms with Gasteiger partial charge in [0.05, 0.1) is 6.61 Å². The van der Waals surface area contributed by atoms with Crippen molar-refractivity contribution in [3.05, 3.63) is 0 Å². The van der Waals surface area contributed by atoms with E-state index in [4.69, 9.17) is 9.84 Å². The third-order valence-corrected chi connectivity index (χ3v) is 5.81. The number of unbranched alkanes of at least 4 members (excludes halogenated alkanes) is 12. The first kappa shape index (κ1) is 34.5. The Kier molecular flexibility index (Phi) is 32.8. The zero-order chi connectivity index (χ0) is 24.8. The molecule has 33 heavy (non-hydrogen) atoms. The van der Waals surface area contributed by atoms with Crippen molar-refractivity contribution in [3.63, 3.8) is 0 Å². The molecule has 1 atom stereocenters. The molecule has 0 spiro atoms. The first-order valence-corrected chi connectivity index (χ1v) is 14.5. The molecule has 200 valence electrons. The van der Waals surface area contributed by atoms with Gasteiger partial charge in [0.25, 0.3) is 0 Å². The van der Waals surface area contributed by atoms with E-state index < -0.39 is 0 Å². The SMILES string of the molecule is CC.CCCCCCCCCCNC(CCCC)C(=O)OCCCCCCNCCCCO. The number of esters is 1. The molecule has 0 bridgehead atoms. The minimum absolute atomic E-state index is 0.0569.